The molecule has 2 aromatic heterocycles. The van der Waals surface area contributed by atoms with E-state index in [2.05, 4.69) is 15.4 Å². The molecule has 1 fully saturated rings. The third kappa shape index (κ3) is 3.85. The molecule has 0 radical (unpaired) electrons. The Morgan fingerprint density at radius 2 is 2.10 bits per heavy atom. The van der Waals surface area contributed by atoms with Crippen LogP contribution in [-0.2, 0) is 4.74 Å². The lowest BCUT2D eigenvalue weighted by Crippen LogP contribution is -2.40. The first-order valence-electron chi connectivity index (χ1n) is 9.71. The van der Waals surface area contributed by atoms with Crippen molar-refractivity contribution in [1.82, 2.24) is 19.9 Å². The standard InChI is InChI=1S/C21H22F2N4O3/c1-12(18-4-3-9-30-18)25-21(28)15-11-24-27-17(19(22)23)10-16(26-20(15)27)13-5-7-14(29-2)8-6-13/h5-8,10-12,18-19H,3-4,9H2,1-2H3,(H,25,28)/t12-,18+/m0/s1. The second-order valence-electron chi connectivity index (χ2n) is 7.20. The van der Waals surface area contributed by atoms with Crippen molar-refractivity contribution in [3.05, 3.63) is 47.8 Å². The molecule has 3 aromatic rings. The first-order chi connectivity index (χ1) is 14.5. The zero-order valence-corrected chi connectivity index (χ0v) is 16.6. The third-order valence-electron chi connectivity index (χ3n) is 5.23. The fourth-order valence-electron chi connectivity index (χ4n) is 3.59. The van der Waals surface area contributed by atoms with E-state index in [1.165, 1.54) is 12.3 Å². The van der Waals surface area contributed by atoms with Crippen molar-refractivity contribution >= 4 is 11.6 Å². The second kappa shape index (κ2) is 8.35. The van der Waals surface area contributed by atoms with Crippen LogP contribution in [0, 0.1) is 0 Å². The van der Waals surface area contributed by atoms with Gasteiger partial charge in [0.15, 0.2) is 5.65 Å². The Hall–Kier alpha value is -3.07. The van der Waals surface area contributed by atoms with Crippen LogP contribution in [0.1, 0.15) is 42.2 Å². The van der Waals surface area contributed by atoms with Crippen molar-refractivity contribution in [3.8, 4) is 17.0 Å². The molecular weight excluding hydrogens is 394 g/mol. The smallest absolute Gasteiger partial charge is 0.280 e. The van der Waals surface area contributed by atoms with Crippen molar-refractivity contribution < 1.29 is 23.0 Å². The highest BCUT2D eigenvalue weighted by Gasteiger charge is 2.26. The summed E-state index contributed by atoms with van der Waals surface area (Å²) in [5.41, 5.74) is 0.826. The summed E-state index contributed by atoms with van der Waals surface area (Å²) >= 11 is 0. The molecule has 1 saturated heterocycles. The fourth-order valence-corrected chi connectivity index (χ4v) is 3.59. The number of alkyl halides is 2. The number of nitrogens with one attached hydrogen (secondary N) is 1. The Balaban J connectivity index is 1.72. The molecule has 0 spiro atoms. The van der Waals surface area contributed by atoms with Crippen LogP contribution in [0.4, 0.5) is 8.78 Å². The van der Waals surface area contributed by atoms with E-state index in [-0.39, 0.29) is 29.1 Å². The summed E-state index contributed by atoms with van der Waals surface area (Å²) in [5, 5.41) is 6.87. The number of aromatic nitrogens is 3. The van der Waals surface area contributed by atoms with Gasteiger partial charge in [0.25, 0.3) is 12.3 Å². The van der Waals surface area contributed by atoms with Crippen LogP contribution < -0.4 is 10.1 Å². The van der Waals surface area contributed by atoms with Crippen molar-refractivity contribution in [3.63, 3.8) is 0 Å². The largest absolute Gasteiger partial charge is 0.497 e. The van der Waals surface area contributed by atoms with Crippen molar-refractivity contribution in [2.45, 2.75) is 38.3 Å². The van der Waals surface area contributed by atoms with E-state index >= 15 is 0 Å². The molecule has 4 rings (SSSR count). The minimum Gasteiger partial charge on any atom is -0.497 e. The zero-order chi connectivity index (χ0) is 21.3. The van der Waals surface area contributed by atoms with Gasteiger partial charge in [0.2, 0.25) is 0 Å². The van der Waals surface area contributed by atoms with Crippen molar-refractivity contribution in [2.24, 2.45) is 0 Å². The lowest BCUT2D eigenvalue weighted by atomic mass is 10.1. The number of carbonyl (C=O) groups excluding carboxylic acids is 1. The zero-order valence-electron chi connectivity index (χ0n) is 16.6. The van der Waals surface area contributed by atoms with Gasteiger partial charge in [-0.25, -0.2) is 18.3 Å². The third-order valence-corrected chi connectivity index (χ3v) is 5.23. The van der Waals surface area contributed by atoms with E-state index in [0.717, 1.165) is 17.4 Å². The maximum Gasteiger partial charge on any atom is 0.280 e. The molecule has 1 aliphatic heterocycles. The highest BCUT2D eigenvalue weighted by Crippen LogP contribution is 2.28. The van der Waals surface area contributed by atoms with Gasteiger partial charge in [0.05, 0.1) is 31.1 Å². The van der Waals surface area contributed by atoms with Crippen LogP contribution in [0.25, 0.3) is 16.9 Å². The monoisotopic (exact) mass is 416 g/mol. The Labute approximate surface area is 172 Å². The highest BCUT2D eigenvalue weighted by atomic mass is 19.3. The first kappa shape index (κ1) is 20.2. The summed E-state index contributed by atoms with van der Waals surface area (Å²) in [4.78, 5) is 17.3. The number of hydrogen-bond acceptors (Lipinski definition) is 5. The van der Waals surface area contributed by atoms with Crippen molar-refractivity contribution in [2.75, 3.05) is 13.7 Å². The number of halogens is 2. The SMILES string of the molecule is COc1ccc(-c2cc(C(F)F)n3ncc(C(=O)N[C@@H](C)[C@H]4CCCO4)c3n2)cc1. The molecule has 0 aliphatic carbocycles. The number of ether oxygens (including phenoxy) is 2. The fraction of sp³-hybridized carbons (Fsp3) is 0.381. The Morgan fingerprint density at radius 3 is 2.73 bits per heavy atom. The predicted octanol–water partition coefficient (Wildman–Crippen LogP) is 3.64. The van der Waals surface area contributed by atoms with E-state index < -0.39 is 12.3 Å². The topological polar surface area (TPSA) is 77.8 Å². The lowest BCUT2D eigenvalue weighted by molar-refractivity contribution is 0.0713. The molecule has 3 heterocycles. The van der Waals surface area contributed by atoms with E-state index in [0.29, 0.717) is 23.6 Å². The van der Waals surface area contributed by atoms with E-state index in [9.17, 15) is 13.6 Å². The van der Waals surface area contributed by atoms with Gasteiger partial charge in [-0.15, -0.1) is 0 Å². The highest BCUT2D eigenvalue weighted by molar-refractivity contribution is 6.00. The molecule has 0 bridgehead atoms. The summed E-state index contributed by atoms with van der Waals surface area (Å²) in [5.74, 6) is 0.217. The molecule has 7 nitrogen and oxygen atoms in total. The van der Waals surface area contributed by atoms with Crippen LogP contribution in [0.15, 0.2) is 36.5 Å². The van der Waals surface area contributed by atoms with Gasteiger partial charge < -0.3 is 14.8 Å². The summed E-state index contributed by atoms with van der Waals surface area (Å²) < 4.78 is 39.2. The Kier molecular flexibility index (Phi) is 5.63. The number of benzene rings is 1. The number of amides is 1. The molecule has 2 atom stereocenters. The quantitative estimate of drug-likeness (QED) is 0.664. The molecule has 1 N–H and O–H groups in total. The van der Waals surface area contributed by atoms with E-state index in [1.54, 1.807) is 31.4 Å². The average Bonchev–Trinajstić information content (AvgIpc) is 3.43. The maximum atomic E-state index is 13.7. The second-order valence-corrected chi connectivity index (χ2v) is 7.20. The number of carbonyl (C=O) groups is 1. The van der Waals surface area contributed by atoms with E-state index in [4.69, 9.17) is 9.47 Å². The summed E-state index contributed by atoms with van der Waals surface area (Å²) in [6, 6.07) is 7.95. The molecule has 30 heavy (non-hydrogen) atoms. The summed E-state index contributed by atoms with van der Waals surface area (Å²) in [6.45, 7) is 2.53. The average molecular weight is 416 g/mol. The maximum absolute atomic E-state index is 13.7. The molecule has 158 valence electrons. The predicted molar refractivity (Wildman–Crippen MR) is 106 cm³/mol. The van der Waals surface area contributed by atoms with Gasteiger partial charge in [0.1, 0.15) is 17.0 Å². The van der Waals surface area contributed by atoms with Gasteiger partial charge in [-0.2, -0.15) is 5.10 Å². The lowest BCUT2D eigenvalue weighted by Gasteiger charge is -2.19. The molecule has 0 unspecified atom stereocenters. The minimum atomic E-state index is -2.78. The van der Waals surface area contributed by atoms with Gasteiger partial charge in [-0.05, 0) is 50.1 Å². The molecule has 1 aromatic carbocycles. The Bertz CT molecular complexity index is 1050. The summed E-state index contributed by atoms with van der Waals surface area (Å²) in [7, 11) is 1.54. The van der Waals surface area contributed by atoms with Crippen LogP contribution in [0.5, 0.6) is 5.75 Å². The number of methoxy groups -OCH3 is 1. The van der Waals surface area contributed by atoms with Gasteiger partial charge in [-0.1, -0.05) is 0 Å². The normalized spacial score (nSPS) is 17.4. The van der Waals surface area contributed by atoms with Crippen LogP contribution in [0.2, 0.25) is 0 Å². The summed E-state index contributed by atoms with van der Waals surface area (Å²) in [6.07, 6.45) is 0.241. The number of nitrogens with zero attached hydrogens (tertiary/aromatic N) is 3. The van der Waals surface area contributed by atoms with Gasteiger partial charge >= 0.3 is 0 Å². The molecule has 9 heteroatoms. The molecule has 1 aliphatic rings. The first-order valence-corrected chi connectivity index (χ1v) is 9.71. The number of rotatable bonds is 6. The van der Waals surface area contributed by atoms with Crippen molar-refractivity contribution in [1.29, 1.82) is 0 Å². The van der Waals surface area contributed by atoms with Gasteiger partial charge in [-0.3, -0.25) is 4.79 Å². The minimum absolute atomic E-state index is 0.0600. The number of fused-ring (bicyclic) bond motifs is 1. The van der Waals surface area contributed by atoms with Crippen LogP contribution in [0.3, 0.4) is 0 Å². The van der Waals surface area contributed by atoms with Gasteiger partial charge in [0, 0.05) is 12.2 Å². The molecule has 0 saturated carbocycles. The van der Waals surface area contributed by atoms with E-state index in [1.807, 2.05) is 6.92 Å². The number of hydrogen-bond donors (Lipinski definition) is 1. The molecular formula is C21H22F2N4O3. The van der Waals surface area contributed by atoms with Crippen LogP contribution >= 0.6 is 0 Å². The van der Waals surface area contributed by atoms with Crippen LogP contribution in [-0.4, -0.2) is 46.4 Å². The Morgan fingerprint density at radius 1 is 1.33 bits per heavy atom. The molecule has 1 amide bonds.